The fourth-order valence-electron chi connectivity index (χ4n) is 1.67. The van der Waals surface area contributed by atoms with Gasteiger partial charge in [0, 0.05) is 16.1 Å². The van der Waals surface area contributed by atoms with Crippen molar-refractivity contribution in [2.75, 3.05) is 19.8 Å². The third kappa shape index (κ3) is 3.86. The zero-order valence-electron chi connectivity index (χ0n) is 10.1. The lowest BCUT2D eigenvalue weighted by atomic mass is 9.90. The first-order valence-electron chi connectivity index (χ1n) is 5.58. The molecule has 0 aromatic heterocycles. The molecule has 1 aromatic carbocycles. The third-order valence-corrected chi connectivity index (χ3v) is 3.76. The molecule has 1 heterocycles. The molecule has 0 spiro atoms. The van der Waals surface area contributed by atoms with E-state index in [2.05, 4.69) is 6.92 Å². The molecule has 4 nitrogen and oxygen atoms in total. The minimum absolute atomic E-state index is 0.0954. The second-order valence-corrected chi connectivity index (χ2v) is 7.70. The lowest BCUT2D eigenvalue weighted by Gasteiger charge is -2.37. The van der Waals surface area contributed by atoms with Crippen molar-refractivity contribution in [3.63, 3.8) is 0 Å². The summed E-state index contributed by atoms with van der Waals surface area (Å²) in [7, 11) is 1.68. The lowest BCUT2D eigenvalue weighted by molar-refractivity contribution is -0.120. The highest BCUT2D eigenvalue weighted by molar-refractivity contribution is 8.13. The van der Waals surface area contributed by atoms with E-state index in [0.717, 1.165) is 19.0 Å². The summed E-state index contributed by atoms with van der Waals surface area (Å²) in [5.41, 5.74) is 0.744. The molecule has 0 atom stereocenters. The van der Waals surface area contributed by atoms with Crippen LogP contribution in [-0.2, 0) is 19.5 Å². The van der Waals surface area contributed by atoms with E-state index in [1.54, 1.807) is 24.3 Å². The van der Waals surface area contributed by atoms with Gasteiger partial charge in [-0.3, -0.25) is 0 Å². The minimum atomic E-state index is -3.51. The maximum atomic E-state index is 10.9. The van der Waals surface area contributed by atoms with Crippen molar-refractivity contribution in [1.29, 1.82) is 0 Å². The Morgan fingerprint density at radius 2 is 1.94 bits per heavy atom. The first-order chi connectivity index (χ1) is 8.36. The van der Waals surface area contributed by atoms with E-state index >= 15 is 0 Å². The van der Waals surface area contributed by atoms with Crippen molar-refractivity contribution in [3.05, 3.63) is 29.8 Å². The Morgan fingerprint density at radius 1 is 1.33 bits per heavy atom. The van der Waals surface area contributed by atoms with Crippen molar-refractivity contribution in [3.8, 4) is 5.75 Å². The molecule has 0 amide bonds. The largest absolute Gasteiger partial charge is 0.493 e. The topological polar surface area (TPSA) is 52.6 Å². The zero-order valence-corrected chi connectivity index (χ0v) is 11.6. The second kappa shape index (κ2) is 5.07. The fourth-order valence-corrected chi connectivity index (χ4v) is 2.64. The highest BCUT2D eigenvalue weighted by atomic mass is 35.7. The molecule has 100 valence electrons. The lowest BCUT2D eigenvalue weighted by Crippen LogP contribution is -2.44. The smallest absolute Gasteiger partial charge is 0.236 e. The van der Waals surface area contributed by atoms with Crippen LogP contribution < -0.4 is 4.74 Å². The predicted molar refractivity (Wildman–Crippen MR) is 69.3 cm³/mol. The molecule has 0 N–H and O–H groups in total. The normalized spacial score (nSPS) is 18.1. The first kappa shape index (κ1) is 13.6. The Balaban J connectivity index is 1.91. The molecule has 1 fully saturated rings. The summed E-state index contributed by atoms with van der Waals surface area (Å²) >= 11 is 0. The van der Waals surface area contributed by atoms with Gasteiger partial charge in [0.1, 0.15) is 5.75 Å². The highest BCUT2D eigenvalue weighted by Gasteiger charge is 2.34. The van der Waals surface area contributed by atoms with Crippen LogP contribution in [-0.4, -0.2) is 28.2 Å². The number of hydrogen-bond donors (Lipinski definition) is 0. The predicted octanol–water partition coefficient (Wildman–Crippen LogP) is 2.17. The van der Waals surface area contributed by atoms with Gasteiger partial charge < -0.3 is 9.47 Å². The van der Waals surface area contributed by atoms with E-state index in [1.165, 1.54) is 0 Å². The molecule has 0 saturated carbocycles. The Hall–Kier alpha value is -0.780. The summed E-state index contributed by atoms with van der Waals surface area (Å²) in [5, 5.41) is 0. The van der Waals surface area contributed by atoms with Gasteiger partial charge in [0.25, 0.3) is 0 Å². The molecule has 6 heteroatoms. The Kier molecular flexibility index (Phi) is 3.84. The monoisotopic (exact) mass is 290 g/mol. The van der Waals surface area contributed by atoms with Crippen molar-refractivity contribution in [2.45, 2.75) is 12.7 Å². The summed E-state index contributed by atoms with van der Waals surface area (Å²) in [6.45, 7) is 4.14. The number of benzene rings is 1. The van der Waals surface area contributed by atoms with Crippen LogP contribution in [0.15, 0.2) is 24.3 Å². The number of ether oxygens (including phenoxy) is 2. The third-order valence-electron chi connectivity index (χ3n) is 2.75. The molecule has 2 rings (SSSR count). The SMILES string of the molecule is CC1(COc2ccc(CS(=O)(=O)Cl)cc2)COC1. The van der Waals surface area contributed by atoms with Crippen LogP contribution in [0, 0.1) is 5.41 Å². The molecular formula is C12H15ClO4S. The summed E-state index contributed by atoms with van der Waals surface area (Å²) in [4.78, 5) is 0. The van der Waals surface area contributed by atoms with Crippen molar-refractivity contribution in [1.82, 2.24) is 0 Å². The van der Waals surface area contributed by atoms with Crippen molar-refractivity contribution >= 4 is 19.7 Å². The first-order valence-corrected chi connectivity index (χ1v) is 8.06. The summed E-state index contributed by atoms with van der Waals surface area (Å²) < 4.78 is 32.6. The molecule has 18 heavy (non-hydrogen) atoms. The maximum Gasteiger partial charge on any atom is 0.236 e. The molecule has 1 aliphatic rings. The molecular weight excluding hydrogens is 276 g/mol. The number of hydrogen-bond acceptors (Lipinski definition) is 4. The van der Waals surface area contributed by atoms with Gasteiger partial charge in [-0.25, -0.2) is 8.42 Å². The van der Waals surface area contributed by atoms with E-state index in [-0.39, 0.29) is 11.2 Å². The van der Waals surface area contributed by atoms with Crippen molar-refractivity contribution in [2.24, 2.45) is 5.41 Å². The van der Waals surface area contributed by atoms with E-state index in [0.29, 0.717) is 12.2 Å². The van der Waals surface area contributed by atoms with Gasteiger partial charge in [-0.05, 0) is 17.7 Å². The molecule has 1 saturated heterocycles. The van der Waals surface area contributed by atoms with E-state index in [1.807, 2.05) is 0 Å². The van der Waals surface area contributed by atoms with Gasteiger partial charge in [-0.15, -0.1) is 0 Å². The van der Waals surface area contributed by atoms with Crippen LogP contribution in [0.5, 0.6) is 5.75 Å². The second-order valence-electron chi connectivity index (χ2n) is 4.92. The number of rotatable bonds is 5. The molecule has 0 bridgehead atoms. The summed E-state index contributed by atoms with van der Waals surface area (Å²) in [5.74, 6) is 0.555. The van der Waals surface area contributed by atoms with Gasteiger partial charge >= 0.3 is 0 Å². The van der Waals surface area contributed by atoms with Crippen LogP contribution in [0.1, 0.15) is 12.5 Å². The highest BCUT2D eigenvalue weighted by Crippen LogP contribution is 2.27. The fraction of sp³-hybridized carbons (Fsp3) is 0.500. The molecule has 0 aliphatic carbocycles. The van der Waals surface area contributed by atoms with E-state index < -0.39 is 9.05 Å². The average molecular weight is 291 g/mol. The van der Waals surface area contributed by atoms with Crippen LogP contribution in [0.25, 0.3) is 0 Å². The van der Waals surface area contributed by atoms with Gasteiger partial charge in [0.15, 0.2) is 0 Å². The average Bonchev–Trinajstić information content (AvgIpc) is 2.23. The van der Waals surface area contributed by atoms with Gasteiger partial charge in [-0.1, -0.05) is 19.1 Å². The van der Waals surface area contributed by atoms with Crippen LogP contribution in [0.3, 0.4) is 0 Å². The Labute approximate surface area is 111 Å². The molecule has 0 unspecified atom stereocenters. The van der Waals surface area contributed by atoms with Crippen LogP contribution in [0.2, 0.25) is 0 Å². The van der Waals surface area contributed by atoms with Gasteiger partial charge in [0.05, 0.1) is 25.6 Å². The zero-order chi connectivity index (χ0) is 13.2. The molecule has 1 aromatic rings. The maximum absolute atomic E-state index is 10.9. The van der Waals surface area contributed by atoms with Gasteiger partial charge in [0.2, 0.25) is 9.05 Å². The summed E-state index contributed by atoms with van der Waals surface area (Å²) in [6, 6.07) is 6.91. The summed E-state index contributed by atoms with van der Waals surface area (Å²) in [6.07, 6.45) is 0. The van der Waals surface area contributed by atoms with E-state index in [9.17, 15) is 8.42 Å². The van der Waals surface area contributed by atoms with Crippen molar-refractivity contribution < 1.29 is 17.9 Å². The van der Waals surface area contributed by atoms with Gasteiger partial charge in [-0.2, -0.15) is 0 Å². The van der Waals surface area contributed by atoms with Crippen LogP contribution in [0.4, 0.5) is 0 Å². The molecule has 0 radical (unpaired) electrons. The van der Waals surface area contributed by atoms with Crippen LogP contribution >= 0.6 is 10.7 Å². The van der Waals surface area contributed by atoms with E-state index in [4.69, 9.17) is 20.2 Å². The molecule has 1 aliphatic heterocycles. The standard InChI is InChI=1S/C12H15ClO4S/c1-12(7-16-8-12)9-17-11-4-2-10(3-5-11)6-18(13,14)15/h2-5H,6-9H2,1H3. The Bertz CT molecular complexity index is 505. The number of halogens is 1. The minimum Gasteiger partial charge on any atom is -0.493 e. The quantitative estimate of drug-likeness (QED) is 0.780. The Morgan fingerprint density at radius 3 is 2.39 bits per heavy atom.